The molecule has 122 valence electrons. The fourth-order valence-corrected chi connectivity index (χ4v) is 2.24. The van der Waals surface area contributed by atoms with E-state index in [1.165, 1.54) is 35.1 Å². The van der Waals surface area contributed by atoms with E-state index in [1.54, 1.807) is 0 Å². The topological polar surface area (TPSA) is 0 Å². The molecule has 22 heavy (non-hydrogen) atoms. The van der Waals surface area contributed by atoms with Crippen molar-refractivity contribution >= 4 is 0 Å². The van der Waals surface area contributed by atoms with Gasteiger partial charge in [-0.15, -0.1) is 0 Å². The lowest BCUT2D eigenvalue weighted by molar-refractivity contribution is 0.920. The van der Waals surface area contributed by atoms with Crippen LogP contribution in [0.2, 0.25) is 0 Å². The lowest BCUT2D eigenvalue weighted by atomic mass is 10.0. The molecule has 0 bridgehead atoms. The molecule has 0 unspecified atom stereocenters. The van der Waals surface area contributed by atoms with Crippen LogP contribution in [0.4, 0.5) is 0 Å². The van der Waals surface area contributed by atoms with E-state index in [-0.39, 0.29) is 0 Å². The van der Waals surface area contributed by atoms with Crippen molar-refractivity contribution in [2.45, 2.75) is 67.2 Å². The van der Waals surface area contributed by atoms with E-state index in [0.29, 0.717) is 0 Å². The summed E-state index contributed by atoms with van der Waals surface area (Å²) >= 11 is 0. The van der Waals surface area contributed by atoms with Crippen LogP contribution in [0.5, 0.6) is 0 Å². The van der Waals surface area contributed by atoms with Crippen LogP contribution >= 0.6 is 0 Å². The summed E-state index contributed by atoms with van der Waals surface area (Å²) < 4.78 is 0. The minimum atomic E-state index is 1.04. The van der Waals surface area contributed by atoms with Crippen LogP contribution < -0.4 is 0 Å². The molecule has 2 aromatic carbocycles. The lowest BCUT2D eigenvalue weighted by Gasteiger charge is -2.05. The molecule has 0 radical (unpaired) electrons. The van der Waals surface area contributed by atoms with Gasteiger partial charge in [0.2, 0.25) is 0 Å². The van der Waals surface area contributed by atoms with Crippen LogP contribution in [0.25, 0.3) is 0 Å². The lowest BCUT2D eigenvalue weighted by Crippen LogP contribution is -1.90. The minimum absolute atomic E-state index is 1.04. The number of aryl methyl sites for hydroxylation is 2. The van der Waals surface area contributed by atoms with Crippen molar-refractivity contribution in [3.05, 3.63) is 70.8 Å². The molecule has 0 spiro atoms. The minimum Gasteiger partial charge on any atom is -0.0683 e. The molecular weight excluding hydrogens is 264 g/mol. The fraction of sp³-hybridized carbons (Fsp3) is 0.455. The SMILES string of the molecule is CC.CC.CCCc1ccc(Cc2ccc(CC)cc2)cc1. The standard InChI is InChI=1S/C18H22.2C2H6/c1-3-5-16-8-12-18(13-9-16)14-17-10-6-15(4-2)7-11-17;2*1-2/h6-13H,3-5,14H2,1-2H3;2*1-2H3. The highest BCUT2D eigenvalue weighted by Gasteiger charge is 1.97. The Bertz CT molecular complexity index is 462. The summed E-state index contributed by atoms with van der Waals surface area (Å²) in [4.78, 5) is 0. The maximum atomic E-state index is 2.26. The van der Waals surface area contributed by atoms with E-state index in [4.69, 9.17) is 0 Å². The second kappa shape index (κ2) is 13.1. The molecule has 0 N–H and O–H groups in total. The van der Waals surface area contributed by atoms with Crippen LogP contribution in [0, 0.1) is 0 Å². The molecule has 0 fully saturated rings. The second-order valence-corrected chi connectivity index (χ2v) is 4.91. The van der Waals surface area contributed by atoms with Gasteiger partial charge in [-0.25, -0.2) is 0 Å². The van der Waals surface area contributed by atoms with Gasteiger partial charge in [-0.1, -0.05) is 96.5 Å². The Morgan fingerprint density at radius 2 is 0.909 bits per heavy atom. The Morgan fingerprint density at radius 1 is 0.545 bits per heavy atom. The second-order valence-electron chi connectivity index (χ2n) is 4.91. The Hall–Kier alpha value is -1.56. The van der Waals surface area contributed by atoms with Crippen LogP contribution in [0.15, 0.2) is 48.5 Å². The third-order valence-corrected chi connectivity index (χ3v) is 3.40. The monoisotopic (exact) mass is 298 g/mol. The first kappa shape index (κ1) is 20.4. The van der Waals surface area contributed by atoms with Gasteiger partial charge < -0.3 is 0 Å². The van der Waals surface area contributed by atoms with Gasteiger partial charge in [0.25, 0.3) is 0 Å². The molecule has 0 amide bonds. The highest BCUT2D eigenvalue weighted by atomic mass is 14.0. The molecule has 0 saturated carbocycles. The summed E-state index contributed by atoms with van der Waals surface area (Å²) in [6.45, 7) is 12.4. The van der Waals surface area contributed by atoms with Gasteiger partial charge in [-0.2, -0.15) is 0 Å². The first-order chi connectivity index (χ1) is 10.8. The van der Waals surface area contributed by atoms with Gasteiger partial charge >= 0.3 is 0 Å². The zero-order valence-electron chi connectivity index (χ0n) is 15.4. The Labute approximate surface area is 138 Å². The molecule has 0 heteroatoms. The van der Waals surface area contributed by atoms with E-state index < -0.39 is 0 Å². The molecule has 2 rings (SSSR count). The molecule has 0 aliphatic heterocycles. The van der Waals surface area contributed by atoms with Gasteiger partial charge in [0.05, 0.1) is 0 Å². The number of hydrogen-bond acceptors (Lipinski definition) is 0. The van der Waals surface area contributed by atoms with E-state index in [0.717, 1.165) is 12.8 Å². The number of hydrogen-bond donors (Lipinski definition) is 0. The summed E-state index contributed by atoms with van der Waals surface area (Å²) in [6.07, 6.45) is 4.56. The zero-order chi connectivity index (χ0) is 16.8. The van der Waals surface area contributed by atoms with Crippen molar-refractivity contribution in [2.75, 3.05) is 0 Å². The van der Waals surface area contributed by atoms with Crippen molar-refractivity contribution < 1.29 is 0 Å². The normalized spacial score (nSPS) is 9.18. The molecule has 0 atom stereocenters. The smallest absolute Gasteiger partial charge is 0.00258 e. The van der Waals surface area contributed by atoms with E-state index in [2.05, 4.69) is 62.4 Å². The van der Waals surface area contributed by atoms with E-state index in [1.807, 2.05) is 27.7 Å². The molecule has 0 aromatic heterocycles. The summed E-state index contributed by atoms with van der Waals surface area (Å²) in [7, 11) is 0. The predicted octanol–water partition coefficient (Wildman–Crippen LogP) is 6.84. The maximum Gasteiger partial charge on any atom is -0.00258 e. The first-order valence-electron chi connectivity index (χ1n) is 8.97. The predicted molar refractivity (Wildman–Crippen MR) is 102 cm³/mol. The summed E-state index contributed by atoms with van der Waals surface area (Å²) in [5.74, 6) is 0. The summed E-state index contributed by atoms with van der Waals surface area (Å²) in [6, 6.07) is 18.0. The highest BCUT2D eigenvalue weighted by molar-refractivity contribution is 5.30. The van der Waals surface area contributed by atoms with Crippen molar-refractivity contribution in [3.63, 3.8) is 0 Å². The zero-order valence-corrected chi connectivity index (χ0v) is 15.4. The van der Waals surface area contributed by atoms with Gasteiger partial charge in [0.1, 0.15) is 0 Å². The average Bonchev–Trinajstić information content (AvgIpc) is 2.61. The average molecular weight is 299 g/mol. The molecule has 0 aliphatic carbocycles. The third kappa shape index (κ3) is 7.45. The van der Waals surface area contributed by atoms with E-state index in [9.17, 15) is 0 Å². The van der Waals surface area contributed by atoms with Crippen molar-refractivity contribution in [1.29, 1.82) is 0 Å². The van der Waals surface area contributed by atoms with E-state index >= 15 is 0 Å². The third-order valence-electron chi connectivity index (χ3n) is 3.40. The molecule has 0 nitrogen and oxygen atoms in total. The first-order valence-corrected chi connectivity index (χ1v) is 8.97. The Balaban J connectivity index is 0.00000102. The highest BCUT2D eigenvalue weighted by Crippen LogP contribution is 2.13. The van der Waals surface area contributed by atoms with Crippen LogP contribution in [0.3, 0.4) is 0 Å². The fourth-order valence-electron chi connectivity index (χ4n) is 2.24. The quantitative estimate of drug-likeness (QED) is 0.566. The maximum absolute atomic E-state index is 2.26. The van der Waals surface area contributed by atoms with Gasteiger partial charge in [0, 0.05) is 0 Å². The van der Waals surface area contributed by atoms with Gasteiger partial charge in [-0.3, -0.25) is 0 Å². The van der Waals surface area contributed by atoms with Crippen molar-refractivity contribution in [2.24, 2.45) is 0 Å². The number of benzene rings is 2. The Kier molecular flexibility index (Phi) is 12.2. The largest absolute Gasteiger partial charge is 0.0683 e. The Morgan fingerprint density at radius 3 is 1.27 bits per heavy atom. The molecular formula is C22H34. The van der Waals surface area contributed by atoms with Gasteiger partial charge in [0.15, 0.2) is 0 Å². The van der Waals surface area contributed by atoms with Crippen LogP contribution in [-0.4, -0.2) is 0 Å². The molecule has 0 aliphatic rings. The molecule has 0 heterocycles. The number of rotatable bonds is 5. The summed E-state index contributed by atoms with van der Waals surface area (Å²) in [5, 5.41) is 0. The van der Waals surface area contributed by atoms with Crippen LogP contribution in [0.1, 0.15) is 70.2 Å². The van der Waals surface area contributed by atoms with Gasteiger partial charge in [-0.05, 0) is 41.5 Å². The van der Waals surface area contributed by atoms with Crippen LogP contribution in [-0.2, 0) is 19.3 Å². The van der Waals surface area contributed by atoms with Crippen molar-refractivity contribution in [3.8, 4) is 0 Å². The van der Waals surface area contributed by atoms with Crippen molar-refractivity contribution in [1.82, 2.24) is 0 Å². The molecule has 0 saturated heterocycles. The molecule has 2 aromatic rings. The summed E-state index contributed by atoms with van der Waals surface area (Å²) in [5.41, 5.74) is 5.66.